The van der Waals surface area contributed by atoms with Gasteiger partial charge in [-0.05, 0) is 26.9 Å². The fourth-order valence-electron chi connectivity index (χ4n) is 1.69. The number of hydrogen-bond acceptors (Lipinski definition) is 3. The molecule has 0 saturated heterocycles. The van der Waals surface area contributed by atoms with Gasteiger partial charge in [0, 0.05) is 32.1 Å². The summed E-state index contributed by atoms with van der Waals surface area (Å²) in [6.45, 7) is 14.3. The van der Waals surface area contributed by atoms with Crippen molar-refractivity contribution in [2.45, 2.75) is 40.2 Å². The summed E-state index contributed by atoms with van der Waals surface area (Å²) >= 11 is 4.92. The van der Waals surface area contributed by atoms with Gasteiger partial charge in [-0.3, -0.25) is 4.90 Å². The molecular weight excluding hydrogens is 218 g/mol. The summed E-state index contributed by atoms with van der Waals surface area (Å²) in [6, 6.07) is 0.560. The van der Waals surface area contributed by atoms with Crippen LogP contribution in [0.2, 0.25) is 0 Å². The van der Waals surface area contributed by atoms with E-state index in [-0.39, 0.29) is 0 Å². The van der Waals surface area contributed by atoms with E-state index in [2.05, 4.69) is 37.5 Å². The molecular formula is C12H27N3S. The molecule has 0 aliphatic heterocycles. The number of hydrogen-bond donors (Lipinski definition) is 1. The van der Waals surface area contributed by atoms with Gasteiger partial charge in [0.2, 0.25) is 0 Å². The van der Waals surface area contributed by atoms with Crippen LogP contribution in [0.4, 0.5) is 0 Å². The Bertz CT molecular complexity index is 191. The number of rotatable bonds is 9. The van der Waals surface area contributed by atoms with Gasteiger partial charge in [0.15, 0.2) is 0 Å². The summed E-state index contributed by atoms with van der Waals surface area (Å²) in [6.07, 6.45) is 0.825. The lowest BCUT2D eigenvalue weighted by Crippen LogP contribution is -2.40. The van der Waals surface area contributed by atoms with Gasteiger partial charge < -0.3 is 10.6 Å². The Balaban J connectivity index is 3.97. The third-order valence-corrected chi connectivity index (χ3v) is 3.18. The Labute approximate surface area is 106 Å². The molecule has 0 saturated carbocycles. The van der Waals surface area contributed by atoms with Crippen molar-refractivity contribution in [3.05, 3.63) is 0 Å². The second-order valence-corrected chi connectivity index (χ2v) is 4.90. The Morgan fingerprint density at radius 3 is 2.06 bits per heavy atom. The average Bonchev–Trinajstić information content (AvgIpc) is 2.22. The van der Waals surface area contributed by atoms with Gasteiger partial charge in [-0.2, -0.15) is 0 Å². The summed E-state index contributed by atoms with van der Waals surface area (Å²) in [5.74, 6) is 0. The summed E-state index contributed by atoms with van der Waals surface area (Å²) in [5, 5.41) is 0. The molecule has 3 nitrogen and oxygen atoms in total. The molecule has 0 aromatic rings. The Morgan fingerprint density at radius 1 is 1.12 bits per heavy atom. The summed E-state index contributed by atoms with van der Waals surface area (Å²) in [7, 11) is 0. The molecule has 2 N–H and O–H groups in total. The minimum Gasteiger partial charge on any atom is -0.393 e. The van der Waals surface area contributed by atoms with Crippen molar-refractivity contribution in [2.75, 3.05) is 32.7 Å². The van der Waals surface area contributed by atoms with Crippen LogP contribution in [0.3, 0.4) is 0 Å². The largest absolute Gasteiger partial charge is 0.393 e. The van der Waals surface area contributed by atoms with E-state index < -0.39 is 0 Å². The van der Waals surface area contributed by atoms with Crippen molar-refractivity contribution in [3.8, 4) is 0 Å². The van der Waals surface area contributed by atoms with Crippen LogP contribution >= 0.6 is 12.2 Å². The number of nitrogens with zero attached hydrogens (tertiary/aromatic N) is 2. The van der Waals surface area contributed by atoms with Crippen molar-refractivity contribution < 1.29 is 0 Å². The SMILES string of the molecule is CCN(CC)CCN(CCC(N)=S)C(C)C. The molecule has 0 aliphatic rings. The molecule has 0 heterocycles. The highest BCUT2D eigenvalue weighted by Crippen LogP contribution is 2.01. The van der Waals surface area contributed by atoms with Crippen LogP contribution < -0.4 is 5.73 Å². The maximum Gasteiger partial charge on any atom is 0.0740 e. The normalized spacial score (nSPS) is 11.7. The lowest BCUT2D eigenvalue weighted by Gasteiger charge is -2.29. The molecule has 0 aliphatic carbocycles. The zero-order valence-corrected chi connectivity index (χ0v) is 12.0. The van der Waals surface area contributed by atoms with Crippen LogP contribution in [-0.4, -0.2) is 53.6 Å². The topological polar surface area (TPSA) is 32.5 Å². The molecule has 0 rings (SSSR count). The third kappa shape index (κ3) is 7.14. The molecule has 0 unspecified atom stereocenters. The lowest BCUT2D eigenvalue weighted by atomic mass is 10.2. The van der Waals surface area contributed by atoms with E-state index in [0.29, 0.717) is 11.0 Å². The molecule has 0 aromatic carbocycles. The highest BCUT2D eigenvalue weighted by atomic mass is 32.1. The van der Waals surface area contributed by atoms with Crippen LogP contribution in [-0.2, 0) is 0 Å². The van der Waals surface area contributed by atoms with Crippen molar-refractivity contribution in [3.63, 3.8) is 0 Å². The minimum absolute atomic E-state index is 0.560. The second kappa shape index (κ2) is 8.90. The second-order valence-electron chi connectivity index (χ2n) is 4.37. The first-order valence-electron chi connectivity index (χ1n) is 6.25. The van der Waals surface area contributed by atoms with Gasteiger partial charge in [-0.25, -0.2) is 0 Å². The van der Waals surface area contributed by atoms with E-state index in [1.807, 2.05) is 0 Å². The van der Waals surface area contributed by atoms with Gasteiger partial charge in [-0.1, -0.05) is 26.1 Å². The molecule has 4 heteroatoms. The van der Waals surface area contributed by atoms with Gasteiger partial charge >= 0.3 is 0 Å². The van der Waals surface area contributed by atoms with Gasteiger partial charge in [-0.15, -0.1) is 0 Å². The smallest absolute Gasteiger partial charge is 0.0740 e. The van der Waals surface area contributed by atoms with Crippen molar-refractivity contribution in [2.24, 2.45) is 5.73 Å². The molecule has 0 atom stereocenters. The van der Waals surface area contributed by atoms with Crippen molar-refractivity contribution in [1.82, 2.24) is 9.80 Å². The first kappa shape index (κ1) is 15.8. The van der Waals surface area contributed by atoms with Gasteiger partial charge in [0.05, 0.1) is 4.99 Å². The van der Waals surface area contributed by atoms with E-state index in [0.717, 1.165) is 39.1 Å². The zero-order valence-electron chi connectivity index (χ0n) is 11.2. The maximum atomic E-state index is 5.54. The van der Waals surface area contributed by atoms with E-state index in [1.165, 1.54) is 0 Å². The van der Waals surface area contributed by atoms with E-state index in [9.17, 15) is 0 Å². The summed E-state index contributed by atoms with van der Waals surface area (Å²) in [4.78, 5) is 5.50. The first-order chi connectivity index (χ1) is 7.51. The molecule has 0 spiro atoms. The van der Waals surface area contributed by atoms with Gasteiger partial charge in [0.25, 0.3) is 0 Å². The summed E-state index contributed by atoms with van der Waals surface area (Å²) < 4.78 is 0. The van der Waals surface area contributed by atoms with E-state index in [4.69, 9.17) is 18.0 Å². The van der Waals surface area contributed by atoms with Crippen molar-refractivity contribution >= 4 is 17.2 Å². The van der Waals surface area contributed by atoms with Crippen LogP contribution in [0.25, 0.3) is 0 Å². The molecule has 0 fully saturated rings. The van der Waals surface area contributed by atoms with Crippen LogP contribution in [0.5, 0.6) is 0 Å². The van der Waals surface area contributed by atoms with E-state index in [1.54, 1.807) is 0 Å². The fourth-order valence-corrected chi connectivity index (χ4v) is 1.78. The maximum absolute atomic E-state index is 5.54. The van der Waals surface area contributed by atoms with E-state index >= 15 is 0 Å². The number of likely N-dealkylation sites (N-methyl/N-ethyl adjacent to an activating group) is 1. The molecule has 96 valence electrons. The quantitative estimate of drug-likeness (QED) is 0.627. The lowest BCUT2D eigenvalue weighted by molar-refractivity contribution is 0.186. The molecule has 0 amide bonds. The third-order valence-electron chi connectivity index (χ3n) is 2.97. The molecule has 0 radical (unpaired) electrons. The van der Waals surface area contributed by atoms with Gasteiger partial charge in [0.1, 0.15) is 0 Å². The van der Waals surface area contributed by atoms with Crippen LogP contribution in [0, 0.1) is 0 Å². The fraction of sp³-hybridized carbons (Fsp3) is 0.917. The minimum atomic E-state index is 0.560. The first-order valence-corrected chi connectivity index (χ1v) is 6.66. The molecule has 16 heavy (non-hydrogen) atoms. The monoisotopic (exact) mass is 245 g/mol. The van der Waals surface area contributed by atoms with Crippen LogP contribution in [0.1, 0.15) is 34.1 Å². The molecule has 0 bridgehead atoms. The standard InChI is InChI=1S/C12H27N3S/c1-5-14(6-2)9-10-15(11(3)4)8-7-12(13)16/h11H,5-10H2,1-4H3,(H2,13,16). The zero-order chi connectivity index (χ0) is 12.6. The average molecular weight is 245 g/mol. The Kier molecular flexibility index (Phi) is 8.80. The highest BCUT2D eigenvalue weighted by molar-refractivity contribution is 7.80. The van der Waals surface area contributed by atoms with Crippen molar-refractivity contribution in [1.29, 1.82) is 0 Å². The number of nitrogens with two attached hydrogens (primary N) is 1. The predicted molar refractivity (Wildman–Crippen MR) is 75.9 cm³/mol. The highest BCUT2D eigenvalue weighted by Gasteiger charge is 2.10. The van der Waals surface area contributed by atoms with Crippen LogP contribution in [0.15, 0.2) is 0 Å². The number of thiocarbonyl (C=S) groups is 1. The Hall–Kier alpha value is -0.190. The Morgan fingerprint density at radius 2 is 1.69 bits per heavy atom. The summed E-state index contributed by atoms with van der Waals surface area (Å²) in [5.41, 5.74) is 5.54. The predicted octanol–water partition coefficient (Wildman–Crippen LogP) is 1.71. The molecule has 0 aromatic heterocycles.